The van der Waals surface area contributed by atoms with Crippen LogP contribution in [0.15, 0.2) is 29.2 Å². The van der Waals surface area contributed by atoms with Crippen molar-refractivity contribution < 1.29 is 17.2 Å². The Kier molecular flexibility index (Phi) is 4.29. The number of hydrogen-bond acceptors (Lipinski definition) is 3. The topological polar surface area (TPSA) is 46.2 Å². The first-order valence-corrected chi connectivity index (χ1v) is 8.55. The van der Waals surface area contributed by atoms with Crippen LogP contribution in [-0.2, 0) is 9.84 Å². The number of anilines is 1. The molecule has 2 unspecified atom stereocenters. The molecule has 1 N–H and O–H groups in total. The number of benzene rings is 1. The molecule has 0 spiro atoms. The van der Waals surface area contributed by atoms with E-state index in [9.17, 15) is 17.2 Å². The van der Waals surface area contributed by atoms with Crippen molar-refractivity contribution in [2.75, 3.05) is 5.32 Å². The molecule has 0 bridgehead atoms. The lowest BCUT2D eigenvalue weighted by Gasteiger charge is -2.20. The zero-order valence-electron chi connectivity index (χ0n) is 12.4. The highest BCUT2D eigenvalue weighted by molar-refractivity contribution is 7.91. The summed E-state index contributed by atoms with van der Waals surface area (Å²) >= 11 is 0. The van der Waals surface area contributed by atoms with E-state index >= 15 is 0 Å². The van der Waals surface area contributed by atoms with Gasteiger partial charge >= 0.3 is 5.76 Å². The zero-order valence-corrected chi connectivity index (χ0v) is 13.3. The van der Waals surface area contributed by atoms with Crippen LogP contribution in [0.2, 0.25) is 0 Å². The second-order valence-electron chi connectivity index (χ2n) is 6.63. The SMILES string of the molecule is CC1CC(C)(C)CC1Nc1ccc(S(=O)(=O)C(F)F)cc1. The first-order valence-electron chi connectivity index (χ1n) is 7.00. The number of rotatable bonds is 4. The maximum atomic E-state index is 12.5. The second kappa shape index (κ2) is 5.55. The number of hydrogen-bond donors (Lipinski definition) is 1. The normalized spacial score (nSPS) is 25.2. The highest BCUT2D eigenvalue weighted by atomic mass is 32.2. The lowest BCUT2D eigenvalue weighted by Crippen LogP contribution is -2.22. The van der Waals surface area contributed by atoms with Crippen LogP contribution in [0.4, 0.5) is 14.5 Å². The maximum Gasteiger partial charge on any atom is 0.341 e. The van der Waals surface area contributed by atoms with Crippen LogP contribution in [0.3, 0.4) is 0 Å². The van der Waals surface area contributed by atoms with Gasteiger partial charge in [0.25, 0.3) is 0 Å². The largest absolute Gasteiger partial charge is 0.382 e. The molecule has 0 amide bonds. The monoisotopic (exact) mass is 317 g/mol. The first-order chi connectivity index (χ1) is 9.62. The highest BCUT2D eigenvalue weighted by Crippen LogP contribution is 2.42. The molecule has 0 saturated heterocycles. The minimum Gasteiger partial charge on any atom is -0.382 e. The van der Waals surface area contributed by atoms with Crippen LogP contribution < -0.4 is 5.32 Å². The van der Waals surface area contributed by atoms with Crippen LogP contribution in [0.5, 0.6) is 0 Å². The van der Waals surface area contributed by atoms with Crippen LogP contribution in [0, 0.1) is 11.3 Å². The molecular weight excluding hydrogens is 296 g/mol. The van der Waals surface area contributed by atoms with E-state index in [4.69, 9.17) is 0 Å². The molecule has 1 aromatic rings. The Bertz CT molecular complexity index is 597. The molecule has 21 heavy (non-hydrogen) atoms. The summed E-state index contributed by atoms with van der Waals surface area (Å²) in [4.78, 5) is -0.345. The summed E-state index contributed by atoms with van der Waals surface area (Å²) in [5.74, 6) is -2.86. The van der Waals surface area contributed by atoms with Gasteiger partial charge in [0.1, 0.15) is 0 Å². The van der Waals surface area contributed by atoms with Crippen LogP contribution in [0.1, 0.15) is 33.6 Å². The van der Waals surface area contributed by atoms with E-state index in [-0.39, 0.29) is 10.3 Å². The molecule has 1 aromatic carbocycles. The highest BCUT2D eigenvalue weighted by Gasteiger charge is 2.36. The van der Waals surface area contributed by atoms with Crippen LogP contribution in [0.25, 0.3) is 0 Å². The van der Waals surface area contributed by atoms with Gasteiger partial charge in [-0.1, -0.05) is 20.8 Å². The molecule has 0 aromatic heterocycles. The predicted molar refractivity (Wildman–Crippen MR) is 79.2 cm³/mol. The van der Waals surface area contributed by atoms with Gasteiger partial charge in [-0.05, 0) is 48.4 Å². The lowest BCUT2D eigenvalue weighted by atomic mass is 9.91. The maximum absolute atomic E-state index is 12.5. The average molecular weight is 317 g/mol. The standard InChI is InChI=1S/C15H21F2NO2S/c1-10-8-15(2,3)9-13(10)18-11-4-6-12(7-5-11)21(19,20)14(16)17/h4-7,10,13-14,18H,8-9H2,1-3H3. The van der Waals surface area contributed by atoms with Crippen molar-refractivity contribution in [1.82, 2.24) is 0 Å². The second-order valence-corrected chi connectivity index (χ2v) is 8.55. The van der Waals surface area contributed by atoms with Gasteiger partial charge in [0, 0.05) is 11.7 Å². The van der Waals surface area contributed by atoms with E-state index in [0.29, 0.717) is 12.0 Å². The third-order valence-electron chi connectivity index (χ3n) is 4.10. The van der Waals surface area contributed by atoms with Crippen molar-refractivity contribution in [2.45, 2.75) is 50.3 Å². The fraction of sp³-hybridized carbons (Fsp3) is 0.600. The van der Waals surface area contributed by atoms with Gasteiger partial charge in [-0.2, -0.15) is 8.78 Å². The fourth-order valence-corrected chi connectivity index (χ4v) is 3.87. The van der Waals surface area contributed by atoms with Crippen molar-refractivity contribution >= 4 is 15.5 Å². The predicted octanol–water partition coefficient (Wildman–Crippen LogP) is 3.92. The van der Waals surface area contributed by atoms with Gasteiger partial charge in [-0.25, -0.2) is 8.42 Å². The Hall–Kier alpha value is -1.17. The Morgan fingerprint density at radius 1 is 1.19 bits per heavy atom. The van der Waals surface area contributed by atoms with E-state index < -0.39 is 15.6 Å². The molecule has 1 aliphatic carbocycles. The van der Waals surface area contributed by atoms with Crippen LogP contribution in [-0.4, -0.2) is 20.2 Å². The van der Waals surface area contributed by atoms with Gasteiger partial charge < -0.3 is 5.32 Å². The van der Waals surface area contributed by atoms with Crippen molar-refractivity contribution in [1.29, 1.82) is 0 Å². The lowest BCUT2D eigenvalue weighted by molar-refractivity contribution is 0.234. The molecule has 1 aliphatic rings. The summed E-state index contributed by atoms with van der Waals surface area (Å²) < 4.78 is 47.6. The molecule has 1 saturated carbocycles. The van der Waals surface area contributed by atoms with Crippen molar-refractivity contribution in [3.8, 4) is 0 Å². The summed E-state index contributed by atoms with van der Waals surface area (Å²) in [6.45, 7) is 6.63. The number of nitrogens with one attached hydrogen (secondary N) is 1. The molecule has 1 fully saturated rings. The molecule has 118 valence electrons. The van der Waals surface area contributed by atoms with Crippen LogP contribution >= 0.6 is 0 Å². The zero-order chi connectivity index (χ0) is 15.8. The molecule has 0 heterocycles. The Balaban J connectivity index is 2.11. The summed E-state index contributed by atoms with van der Waals surface area (Å²) in [7, 11) is -4.51. The summed E-state index contributed by atoms with van der Waals surface area (Å²) in [6.07, 6.45) is 2.16. The van der Waals surface area contributed by atoms with Crippen molar-refractivity contribution in [3.05, 3.63) is 24.3 Å². The van der Waals surface area contributed by atoms with Gasteiger partial charge in [-0.3, -0.25) is 0 Å². The molecule has 3 nitrogen and oxygen atoms in total. The Morgan fingerprint density at radius 3 is 2.19 bits per heavy atom. The molecule has 2 atom stereocenters. The van der Waals surface area contributed by atoms with Crippen molar-refractivity contribution in [3.63, 3.8) is 0 Å². The average Bonchev–Trinajstić information content (AvgIpc) is 2.62. The molecule has 0 aliphatic heterocycles. The third-order valence-corrected chi connectivity index (χ3v) is 5.50. The Morgan fingerprint density at radius 2 is 1.76 bits per heavy atom. The smallest absolute Gasteiger partial charge is 0.341 e. The van der Waals surface area contributed by atoms with E-state index in [2.05, 4.69) is 26.1 Å². The molecular formula is C15H21F2NO2S. The van der Waals surface area contributed by atoms with E-state index in [1.54, 1.807) is 12.1 Å². The third kappa shape index (κ3) is 3.54. The minimum absolute atomic E-state index is 0.288. The van der Waals surface area contributed by atoms with Gasteiger partial charge in [0.05, 0.1) is 4.90 Å². The van der Waals surface area contributed by atoms with Crippen molar-refractivity contribution in [2.24, 2.45) is 11.3 Å². The van der Waals surface area contributed by atoms with Gasteiger partial charge in [0.15, 0.2) is 0 Å². The summed E-state index contributed by atoms with van der Waals surface area (Å²) in [5, 5.41) is 3.37. The number of alkyl halides is 2. The molecule has 0 radical (unpaired) electrons. The van der Waals surface area contributed by atoms with Gasteiger partial charge in [0.2, 0.25) is 9.84 Å². The first kappa shape index (κ1) is 16.2. The molecule has 6 heteroatoms. The molecule has 2 rings (SSSR count). The minimum atomic E-state index is -4.51. The van der Waals surface area contributed by atoms with E-state index in [1.165, 1.54) is 12.1 Å². The summed E-state index contributed by atoms with van der Waals surface area (Å²) in [5.41, 5.74) is 1.05. The fourth-order valence-electron chi connectivity index (χ4n) is 3.14. The van der Waals surface area contributed by atoms with E-state index in [1.807, 2.05) is 0 Å². The number of sulfone groups is 1. The Labute approximate surface area is 124 Å². The summed E-state index contributed by atoms with van der Waals surface area (Å²) in [6, 6.07) is 5.88. The quantitative estimate of drug-likeness (QED) is 0.915. The van der Waals surface area contributed by atoms with E-state index in [0.717, 1.165) is 18.5 Å². The van der Waals surface area contributed by atoms with Gasteiger partial charge in [-0.15, -0.1) is 0 Å². The number of halogens is 2.